The maximum absolute atomic E-state index is 10.1. The van der Waals surface area contributed by atoms with E-state index in [1.54, 1.807) is 6.92 Å². The van der Waals surface area contributed by atoms with Crippen LogP contribution in [0.4, 0.5) is 0 Å². The lowest BCUT2D eigenvalue weighted by molar-refractivity contribution is -0.124. The molecule has 0 radical (unpaired) electrons. The van der Waals surface area contributed by atoms with Crippen LogP contribution in [0, 0.1) is 6.92 Å². The molecule has 0 spiro atoms. The summed E-state index contributed by atoms with van der Waals surface area (Å²) in [5, 5.41) is 8.59. The summed E-state index contributed by atoms with van der Waals surface area (Å²) in [6, 6.07) is 10.3. The largest absolute Gasteiger partial charge is 0.385 e. The molecule has 0 aromatic heterocycles. The predicted molar refractivity (Wildman–Crippen MR) is 69.5 cm³/mol. The van der Waals surface area contributed by atoms with Crippen LogP contribution in [0.2, 0.25) is 0 Å². The number of hydrogen-bond acceptors (Lipinski definition) is 2. The topological polar surface area (TPSA) is 37.3 Å². The Bertz CT molecular complexity index is 255. The first-order valence-electron chi connectivity index (χ1n) is 5.78. The summed E-state index contributed by atoms with van der Waals surface area (Å²) >= 11 is 0. The van der Waals surface area contributed by atoms with E-state index in [0.717, 1.165) is 0 Å². The lowest BCUT2D eigenvalue weighted by Crippen LogP contribution is -2.14. The zero-order chi connectivity index (χ0) is 13.0. The number of Topliss-reactive ketones (excluding diaryl/α,β-unsaturated/α-hetero) is 1. The Balaban J connectivity index is 0. The van der Waals surface area contributed by atoms with Crippen molar-refractivity contribution < 1.29 is 9.90 Å². The van der Waals surface area contributed by atoms with Gasteiger partial charge in [0.2, 0.25) is 0 Å². The molecular formula is C14H24O2. The molecule has 0 saturated heterocycles. The molecule has 92 valence electrons. The van der Waals surface area contributed by atoms with Crippen LogP contribution < -0.4 is 0 Å². The van der Waals surface area contributed by atoms with Gasteiger partial charge in [0.15, 0.2) is 5.78 Å². The van der Waals surface area contributed by atoms with Crippen molar-refractivity contribution in [3.8, 4) is 0 Å². The first-order valence-corrected chi connectivity index (χ1v) is 5.78. The molecule has 0 fully saturated rings. The SMILES string of the molecule is CC.CCC(O)C(C)=O.Cc1ccccc1. The molecule has 2 heteroatoms. The van der Waals surface area contributed by atoms with Crippen LogP contribution in [0.3, 0.4) is 0 Å². The number of aliphatic hydroxyl groups excluding tert-OH is 1. The minimum absolute atomic E-state index is 0.150. The molecule has 0 aliphatic heterocycles. The van der Waals surface area contributed by atoms with Crippen LogP contribution in [0.1, 0.15) is 39.7 Å². The van der Waals surface area contributed by atoms with Gasteiger partial charge in [0.1, 0.15) is 6.10 Å². The fourth-order valence-corrected chi connectivity index (χ4v) is 0.822. The maximum Gasteiger partial charge on any atom is 0.158 e. The summed E-state index contributed by atoms with van der Waals surface area (Å²) < 4.78 is 0. The molecule has 0 aliphatic carbocycles. The standard InChI is InChI=1S/C7H8.C5H10O2.C2H6/c1-7-5-3-2-4-6-7;1-3-5(7)4(2)6;1-2/h2-6H,1H3;5,7H,3H2,1-2H3;1-2H3. The van der Waals surface area contributed by atoms with Crippen molar-refractivity contribution in [3.63, 3.8) is 0 Å². The molecule has 1 aromatic carbocycles. The van der Waals surface area contributed by atoms with E-state index in [-0.39, 0.29) is 5.78 Å². The van der Waals surface area contributed by atoms with E-state index in [2.05, 4.69) is 19.1 Å². The Morgan fingerprint density at radius 1 is 1.25 bits per heavy atom. The molecule has 1 rings (SSSR count). The average molecular weight is 224 g/mol. The van der Waals surface area contributed by atoms with E-state index < -0.39 is 6.10 Å². The minimum Gasteiger partial charge on any atom is -0.385 e. The van der Waals surface area contributed by atoms with Gasteiger partial charge in [0.25, 0.3) is 0 Å². The number of rotatable bonds is 2. The van der Waals surface area contributed by atoms with Crippen LogP contribution in [-0.2, 0) is 4.79 Å². The summed E-state index contributed by atoms with van der Waals surface area (Å²) in [6.45, 7) is 9.24. The lowest BCUT2D eigenvalue weighted by atomic mass is 10.2. The van der Waals surface area contributed by atoms with Crippen molar-refractivity contribution in [2.24, 2.45) is 0 Å². The molecule has 1 N–H and O–H groups in total. The highest BCUT2D eigenvalue weighted by Gasteiger charge is 2.03. The Morgan fingerprint density at radius 2 is 1.69 bits per heavy atom. The predicted octanol–water partition coefficient (Wildman–Crippen LogP) is 3.37. The Hall–Kier alpha value is -1.15. The fraction of sp³-hybridized carbons (Fsp3) is 0.500. The van der Waals surface area contributed by atoms with Gasteiger partial charge in [0.05, 0.1) is 0 Å². The van der Waals surface area contributed by atoms with E-state index >= 15 is 0 Å². The highest BCUT2D eigenvalue weighted by molar-refractivity contribution is 5.79. The van der Waals surface area contributed by atoms with Gasteiger partial charge in [-0.2, -0.15) is 0 Å². The number of carbonyl (C=O) groups is 1. The third-order valence-electron chi connectivity index (χ3n) is 1.80. The monoisotopic (exact) mass is 224 g/mol. The molecule has 0 amide bonds. The Morgan fingerprint density at radius 3 is 1.81 bits per heavy atom. The van der Waals surface area contributed by atoms with Crippen LogP contribution >= 0.6 is 0 Å². The van der Waals surface area contributed by atoms with Gasteiger partial charge in [-0.15, -0.1) is 0 Å². The van der Waals surface area contributed by atoms with Crippen molar-refractivity contribution in [1.29, 1.82) is 0 Å². The maximum atomic E-state index is 10.1. The van der Waals surface area contributed by atoms with E-state index in [4.69, 9.17) is 5.11 Å². The van der Waals surface area contributed by atoms with E-state index in [1.807, 2.05) is 32.0 Å². The highest BCUT2D eigenvalue weighted by Crippen LogP contribution is 1.92. The number of aryl methyl sites for hydroxylation is 1. The second-order valence-electron chi connectivity index (χ2n) is 3.19. The second-order valence-corrected chi connectivity index (χ2v) is 3.19. The van der Waals surface area contributed by atoms with Crippen molar-refractivity contribution >= 4 is 5.78 Å². The van der Waals surface area contributed by atoms with Crippen LogP contribution in [0.25, 0.3) is 0 Å². The zero-order valence-corrected chi connectivity index (χ0v) is 11.0. The quantitative estimate of drug-likeness (QED) is 0.836. The van der Waals surface area contributed by atoms with Crippen molar-refractivity contribution in [2.45, 2.75) is 47.1 Å². The van der Waals surface area contributed by atoms with Gasteiger partial charge in [-0.05, 0) is 20.3 Å². The molecule has 1 aromatic rings. The number of ketones is 1. The van der Waals surface area contributed by atoms with Crippen LogP contribution in [0.5, 0.6) is 0 Å². The first-order chi connectivity index (χ1) is 7.57. The molecule has 2 nitrogen and oxygen atoms in total. The number of aliphatic hydroxyl groups is 1. The van der Waals surface area contributed by atoms with Gasteiger partial charge in [-0.1, -0.05) is 56.7 Å². The van der Waals surface area contributed by atoms with Gasteiger partial charge in [0, 0.05) is 0 Å². The van der Waals surface area contributed by atoms with Gasteiger partial charge in [-0.25, -0.2) is 0 Å². The summed E-state index contributed by atoms with van der Waals surface area (Å²) in [7, 11) is 0. The van der Waals surface area contributed by atoms with E-state index in [1.165, 1.54) is 12.5 Å². The molecule has 0 saturated carbocycles. The fourth-order valence-electron chi connectivity index (χ4n) is 0.822. The van der Waals surface area contributed by atoms with Crippen LogP contribution in [0.15, 0.2) is 30.3 Å². The molecule has 0 aliphatic rings. The average Bonchev–Trinajstić information content (AvgIpc) is 2.32. The molecular weight excluding hydrogens is 200 g/mol. The van der Waals surface area contributed by atoms with Crippen LogP contribution in [-0.4, -0.2) is 17.0 Å². The zero-order valence-electron chi connectivity index (χ0n) is 11.0. The Labute approximate surface area is 99.3 Å². The van der Waals surface area contributed by atoms with Gasteiger partial charge < -0.3 is 5.11 Å². The number of hydrogen-bond donors (Lipinski definition) is 1. The smallest absolute Gasteiger partial charge is 0.158 e. The van der Waals surface area contributed by atoms with Crippen molar-refractivity contribution in [2.75, 3.05) is 0 Å². The molecule has 0 heterocycles. The Kier molecular flexibility index (Phi) is 12.9. The van der Waals surface area contributed by atoms with Gasteiger partial charge >= 0.3 is 0 Å². The minimum atomic E-state index is -0.736. The number of benzene rings is 1. The third kappa shape index (κ3) is 10.9. The molecule has 1 atom stereocenters. The van der Waals surface area contributed by atoms with E-state index in [9.17, 15) is 4.79 Å². The summed E-state index contributed by atoms with van der Waals surface area (Å²) in [4.78, 5) is 10.1. The first kappa shape index (κ1) is 17.3. The molecule has 0 bridgehead atoms. The summed E-state index contributed by atoms with van der Waals surface area (Å²) in [6.07, 6.45) is -0.213. The highest BCUT2D eigenvalue weighted by atomic mass is 16.3. The third-order valence-corrected chi connectivity index (χ3v) is 1.80. The van der Waals surface area contributed by atoms with E-state index in [0.29, 0.717) is 6.42 Å². The second kappa shape index (κ2) is 11.9. The van der Waals surface area contributed by atoms with Gasteiger partial charge in [-0.3, -0.25) is 4.79 Å². The van der Waals surface area contributed by atoms with Crippen molar-refractivity contribution in [1.82, 2.24) is 0 Å². The van der Waals surface area contributed by atoms with Crippen molar-refractivity contribution in [3.05, 3.63) is 35.9 Å². The lowest BCUT2D eigenvalue weighted by Gasteiger charge is -1.97. The molecule has 16 heavy (non-hydrogen) atoms. The summed E-state index contributed by atoms with van der Waals surface area (Å²) in [5.74, 6) is -0.150. The molecule has 1 unspecified atom stereocenters. The summed E-state index contributed by atoms with van der Waals surface area (Å²) in [5.41, 5.74) is 1.32. The normalized spacial score (nSPS) is 10.1. The number of carbonyl (C=O) groups excluding carboxylic acids is 1.